The standard InChI is InChI=1S/C24H24Cl2N4O.2ClH/c25-20-5-4-19(15-21(20)26)24(10-14-28-16-18-7-12-27-13-8-18)9-6-23(31)30(17-24)22-3-1-2-11-29-22;;/h1-5,7-8,11-13,15,28H,6,9-10,14,16-17H2;2*1H/t24-;;/m1../s1. The van der Waals surface area contributed by atoms with Crippen LogP contribution in [0.5, 0.6) is 0 Å². The van der Waals surface area contributed by atoms with Crippen LogP contribution < -0.4 is 10.2 Å². The van der Waals surface area contributed by atoms with Gasteiger partial charge >= 0.3 is 0 Å². The molecule has 1 saturated heterocycles. The van der Waals surface area contributed by atoms with Crippen molar-refractivity contribution in [3.05, 3.63) is 88.3 Å². The molecule has 9 heteroatoms. The van der Waals surface area contributed by atoms with Crippen LogP contribution in [0.15, 0.2) is 67.1 Å². The number of carbonyl (C=O) groups is 1. The second-order valence-corrected chi connectivity index (χ2v) is 8.67. The van der Waals surface area contributed by atoms with E-state index in [-0.39, 0.29) is 36.1 Å². The van der Waals surface area contributed by atoms with Crippen molar-refractivity contribution in [1.29, 1.82) is 0 Å². The van der Waals surface area contributed by atoms with Crippen molar-refractivity contribution in [1.82, 2.24) is 15.3 Å². The van der Waals surface area contributed by atoms with Gasteiger partial charge in [0.15, 0.2) is 0 Å². The highest BCUT2D eigenvalue weighted by molar-refractivity contribution is 6.42. The van der Waals surface area contributed by atoms with Crippen molar-refractivity contribution in [2.45, 2.75) is 31.2 Å². The number of rotatable bonds is 7. The Morgan fingerprint density at radius 3 is 2.48 bits per heavy atom. The molecule has 3 aromatic rings. The molecule has 33 heavy (non-hydrogen) atoms. The Hall–Kier alpha value is -1.89. The van der Waals surface area contributed by atoms with Crippen molar-refractivity contribution in [3.63, 3.8) is 0 Å². The molecule has 0 aliphatic carbocycles. The largest absolute Gasteiger partial charge is 0.313 e. The molecule has 5 nitrogen and oxygen atoms in total. The maximum Gasteiger partial charge on any atom is 0.228 e. The molecule has 0 radical (unpaired) electrons. The summed E-state index contributed by atoms with van der Waals surface area (Å²) in [5, 5.41) is 4.59. The molecule has 0 bridgehead atoms. The van der Waals surface area contributed by atoms with E-state index in [1.165, 1.54) is 5.56 Å². The van der Waals surface area contributed by atoms with Crippen LogP contribution in [-0.4, -0.2) is 29.0 Å². The molecule has 0 spiro atoms. The predicted molar refractivity (Wildman–Crippen MR) is 139 cm³/mol. The fourth-order valence-electron chi connectivity index (χ4n) is 4.14. The molecule has 4 rings (SSSR count). The van der Waals surface area contributed by atoms with E-state index in [0.29, 0.717) is 28.8 Å². The van der Waals surface area contributed by atoms with Crippen LogP contribution in [0, 0.1) is 0 Å². The molecule has 1 atom stereocenters. The van der Waals surface area contributed by atoms with Gasteiger partial charge in [0.1, 0.15) is 5.82 Å². The lowest BCUT2D eigenvalue weighted by Crippen LogP contribution is -2.50. The Labute approximate surface area is 216 Å². The number of amides is 1. The molecule has 1 aromatic carbocycles. The lowest BCUT2D eigenvalue weighted by atomic mass is 9.71. The number of piperidine rings is 1. The summed E-state index contributed by atoms with van der Waals surface area (Å²) in [5.74, 6) is 0.778. The second-order valence-electron chi connectivity index (χ2n) is 7.86. The lowest BCUT2D eigenvalue weighted by Gasteiger charge is -2.43. The first-order chi connectivity index (χ1) is 15.1. The van der Waals surface area contributed by atoms with E-state index in [4.69, 9.17) is 23.2 Å². The molecule has 1 amide bonds. The summed E-state index contributed by atoms with van der Waals surface area (Å²) in [6, 6.07) is 15.5. The topological polar surface area (TPSA) is 58.1 Å². The van der Waals surface area contributed by atoms with Gasteiger partial charge in [-0.2, -0.15) is 0 Å². The Balaban J connectivity index is 0.00000193. The van der Waals surface area contributed by atoms with Crippen LogP contribution in [0.4, 0.5) is 5.82 Å². The Morgan fingerprint density at radius 2 is 1.79 bits per heavy atom. The number of aromatic nitrogens is 2. The first kappa shape index (κ1) is 27.4. The van der Waals surface area contributed by atoms with Gasteiger partial charge in [0.2, 0.25) is 5.91 Å². The van der Waals surface area contributed by atoms with Crippen molar-refractivity contribution in [3.8, 4) is 0 Å². The second kappa shape index (κ2) is 12.5. The summed E-state index contributed by atoms with van der Waals surface area (Å²) >= 11 is 12.6. The maximum absolute atomic E-state index is 12.8. The predicted octanol–water partition coefficient (Wildman–Crippen LogP) is 5.87. The number of carbonyl (C=O) groups excluding carboxylic acids is 1. The van der Waals surface area contributed by atoms with Crippen molar-refractivity contribution >= 4 is 59.7 Å². The maximum atomic E-state index is 12.8. The van der Waals surface area contributed by atoms with E-state index >= 15 is 0 Å². The number of pyridine rings is 2. The van der Waals surface area contributed by atoms with Crippen LogP contribution in [0.3, 0.4) is 0 Å². The Morgan fingerprint density at radius 1 is 1.00 bits per heavy atom. The number of halogens is 4. The van der Waals surface area contributed by atoms with Gasteiger partial charge in [-0.25, -0.2) is 4.98 Å². The highest BCUT2D eigenvalue weighted by atomic mass is 35.5. The first-order valence-corrected chi connectivity index (χ1v) is 11.1. The summed E-state index contributed by atoms with van der Waals surface area (Å²) < 4.78 is 0. The first-order valence-electron chi connectivity index (χ1n) is 10.3. The normalized spacial score (nSPS) is 17.8. The molecule has 3 heterocycles. The minimum Gasteiger partial charge on any atom is -0.313 e. The fourth-order valence-corrected chi connectivity index (χ4v) is 4.44. The van der Waals surface area contributed by atoms with E-state index in [0.717, 1.165) is 31.5 Å². The summed E-state index contributed by atoms with van der Waals surface area (Å²) in [7, 11) is 0. The van der Waals surface area contributed by atoms with Gasteiger partial charge in [0, 0.05) is 43.5 Å². The van der Waals surface area contributed by atoms with Gasteiger partial charge in [-0.3, -0.25) is 14.7 Å². The van der Waals surface area contributed by atoms with E-state index in [1.807, 2.05) is 48.5 Å². The molecule has 1 fully saturated rings. The van der Waals surface area contributed by atoms with Crippen LogP contribution in [0.2, 0.25) is 10.0 Å². The third kappa shape index (κ3) is 6.58. The van der Waals surface area contributed by atoms with Crippen LogP contribution in [0.25, 0.3) is 0 Å². The summed E-state index contributed by atoms with van der Waals surface area (Å²) in [5.41, 5.74) is 2.04. The van der Waals surface area contributed by atoms with E-state index < -0.39 is 0 Å². The molecule has 0 saturated carbocycles. The quantitative estimate of drug-likeness (QED) is 0.390. The van der Waals surface area contributed by atoms with Gasteiger partial charge in [-0.05, 0) is 66.9 Å². The summed E-state index contributed by atoms with van der Waals surface area (Å²) in [6.07, 6.45) is 7.38. The number of anilines is 1. The van der Waals surface area contributed by atoms with Gasteiger partial charge in [0.05, 0.1) is 10.0 Å². The van der Waals surface area contributed by atoms with Crippen molar-refractivity contribution in [2.24, 2.45) is 0 Å². The smallest absolute Gasteiger partial charge is 0.228 e. The van der Waals surface area contributed by atoms with Crippen LogP contribution in [0.1, 0.15) is 30.4 Å². The molecule has 1 N–H and O–H groups in total. The number of nitrogens with zero attached hydrogens (tertiary/aromatic N) is 3. The van der Waals surface area contributed by atoms with Crippen molar-refractivity contribution < 1.29 is 4.79 Å². The van der Waals surface area contributed by atoms with Gasteiger partial charge in [-0.15, -0.1) is 24.8 Å². The zero-order chi connectivity index (χ0) is 21.7. The number of hydrogen-bond donors (Lipinski definition) is 1. The zero-order valence-corrected chi connectivity index (χ0v) is 21.1. The molecule has 0 unspecified atom stereocenters. The van der Waals surface area contributed by atoms with E-state index in [9.17, 15) is 4.79 Å². The van der Waals surface area contributed by atoms with E-state index in [2.05, 4.69) is 15.3 Å². The third-order valence-corrected chi connectivity index (χ3v) is 6.63. The van der Waals surface area contributed by atoms with Gasteiger partial charge < -0.3 is 5.32 Å². The molecular formula is C24H26Cl4N4O. The highest BCUT2D eigenvalue weighted by Crippen LogP contribution is 2.40. The zero-order valence-electron chi connectivity index (χ0n) is 17.9. The third-order valence-electron chi connectivity index (χ3n) is 5.90. The monoisotopic (exact) mass is 526 g/mol. The SMILES string of the molecule is Cl.Cl.O=C1CC[C@](CCNCc2ccncc2)(c2ccc(Cl)c(Cl)c2)CN1c1ccccn1. The van der Waals surface area contributed by atoms with Gasteiger partial charge in [-0.1, -0.05) is 35.3 Å². The average Bonchev–Trinajstić information content (AvgIpc) is 2.81. The minimum absolute atomic E-state index is 0. The molecule has 1 aliphatic rings. The lowest BCUT2D eigenvalue weighted by molar-refractivity contribution is -0.120. The minimum atomic E-state index is -0.245. The molecule has 176 valence electrons. The van der Waals surface area contributed by atoms with E-state index in [1.54, 1.807) is 23.5 Å². The average molecular weight is 528 g/mol. The highest BCUT2D eigenvalue weighted by Gasteiger charge is 2.41. The Kier molecular flexibility index (Phi) is 10.4. The summed E-state index contributed by atoms with van der Waals surface area (Å²) in [4.78, 5) is 23.0. The Bertz CT molecular complexity index is 1040. The number of hydrogen-bond acceptors (Lipinski definition) is 4. The molecule has 1 aliphatic heterocycles. The van der Waals surface area contributed by atoms with Gasteiger partial charge in [0.25, 0.3) is 0 Å². The number of nitrogens with one attached hydrogen (secondary N) is 1. The summed E-state index contributed by atoms with van der Waals surface area (Å²) in [6.45, 7) is 2.12. The van der Waals surface area contributed by atoms with Crippen LogP contribution in [-0.2, 0) is 16.8 Å². The number of benzene rings is 1. The van der Waals surface area contributed by atoms with Crippen molar-refractivity contribution in [2.75, 3.05) is 18.0 Å². The molecular weight excluding hydrogens is 502 g/mol. The molecule has 2 aromatic heterocycles. The van der Waals surface area contributed by atoms with Crippen LogP contribution >= 0.6 is 48.0 Å². The fraction of sp³-hybridized carbons (Fsp3) is 0.292.